The number of hydrogen-bond acceptors (Lipinski definition) is 5. The van der Waals surface area contributed by atoms with Crippen LogP contribution in [-0.4, -0.2) is 48.8 Å². The summed E-state index contributed by atoms with van der Waals surface area (Å²) in [6.45, 7) is 5.32. The highest BCUT2D eigenvalue weighted by Gasteiger charge is 2.33. The summed E-state index contributed by atoms with van der Waals surface area (Å²) in [6, 6.07) is 16.7. The van der Waals surface area contributed by atoms with E-state index in [0.29, 0.717) is 47.2 Å². The molecule has 0 saturated carbocycles. The number of carbonyl (C=O) groups is 1. The van der Waals surface area contributed by atoms with Gasteiger partial charge in [-0.05, 0) is 68.4 Å². The molecule has 4 rings (SSSR count). The van der Waals surface area contributed by atoms with Crippen molar-refractivity contribution in [2.24, 2.45) is 0 Å². The van der Waals surface area contributed by atoms with Gasteiger partial charge in [-0.1, -0.05) is 17.7 Å². The minimum Gasteiger partial charge on any atom is -0.322 e. The molecule has 172 valence electrons. The Bertz CT molecular complexity index is 1260. The lowest BCUT2D eigenvalue weighted by atomic mass is 10.0. The molecular weight excluding hydrogens is 460 g/mol. The summed E-state index contributed by atoms with van der Waals surface area (Å²) in [5.74, 6) is -0.350. The molecule has 0 bridgehead atoms. The number of pyridine rings is 1. The average molecular weight is 485 g/mol. The first-order valence-corrected chi connectivity index (χ1v) is 12.4. The Morgan fingerprint density at radius 2 is 1.88 bits per heavy atom. The lowest BCUT2D eigenvalue weighted by Crippen LogP contribution is -2.58. The quantitative estimate of drug-likeness (QED) is 0.570. The van der Waals surface area contributed by atoms with E-state index in [2.05, 4.69) is 15.6 Å². The highest BCUT2D eigenvalue weighted by Crippen LogP contribution is 2.29. The Balaban J connectivity index is 1.50. The second-order valence-corrected chi connectivity index (χ2v) is 10.9. The number of piperazine rings is 1. The third kappa shape index (κ3) is 5.25. The van der Waals surface area contributed by atoms with Crippen LogP contribution in [0.3, 0.4) is 0 Å². The van der Waals surface area contributed by atoms with Gasteiger partial charge in [-0.15, -0.1) is 0 Å². The summed E-state index contributed by atoms with van der Waals surface area (Å²) >= 11 is 6.31. The average Bonchev–Trinajstić information content (AvgIpc) is 2.80. The number of rotatable bonds is 5. The van der Waals surface area contributed by atoms with E-state index in [1.807, 2.05) is 32.0 Å². The second kappa shape index (κ2) is 9.23. The molecule has 1 aromatic heterocycles. The summed E-state index contributed by atoms with van der Waals surface area (Å²) in [4.78, 5) is 17.2. The molecule has 9 heteroatoms. The normalized spacial score (nSPS) is 16.3. The Hall–Kier alpha value is -2.78. The first-order chi connectivity index (χ1) is 15.7. The zero-order valence-corrected chi connectivity index (χ0v) is 19.9. The fraction of sp³-hybridized carbons (Fsp3) is 0.250. The van der Waals surface area contributed by atoms with Crippen LogP contribution in [0.4, 0.5) is 5.69 Å². The molecule has 2 aromatic carbocycles. The summed E-state index contributed by atoms with van der Waals surface area (Å²) in [6.07, 6.45) is 1.67. The molecule has 3 aromatic rings. The van der Waals surface area contributed by atoms with Gasteiger partial charge in [-0.25, -0.2) is 8.42 Å². The van der Waals surface area contributed by atoms with Gasteiger partial charge in [0.25, 0.3) is 5.91 Å². The van der Waals surface area contributed by atoms with Crippen molar-refractivity contribution in [1.29, 1.82) is 0 Å². The maximum absolute atomic E-state index is 13.0. The maximum atomic E-state index is 13.0. The molecule has 1 amide bonds. The fourth-order valence-corrected chi connectivity index (χ4v) is 5.57. The van der Waals surface area contributed by atoms with Gasteiger partial charge in [0.1, 0.15) is 0 Å². The number of anilines is 1. The summed E-state index contributed by atoms with van der Waals surface area (Å²) < 4.78 is 27.5. The number of nitrogens with zero attached hydrogens (tertiary/aromatic N) is 2. The van der Waals surface area contributed by atoms with Crippen LogP contribution in [0.1, 0.15) is 24.2 Å². The first-order valence-electron chi connectivity index (χ1n) is 10.5. The highest BCUT2D eigenvalue weighted by atomic mass is 35.5. The van der Waals surface area contributed by atoms with Crippen molar-refractivity contribution in [3.8, 4) is 11.3 Å². The number of aromatic nitrogens is 1. The number of sulfonamides is 1. The molecule has 2 heterocycles. The van der Waals surface area contributed by atoms with Crippen molar-refractivity contribution in [2.45, 2.75) is 24.3 Å². The summed E-state index contributed by atoms with van der Waals surface area (Å²) in [5, 5.41) is 6.67. The maximum Gasteiger partial charge on any atom is 0.255 e. The van der Waals surface area contributed by atoms with Crippen LogP contribution in [0.15, 0.2) is 71.8 Å². The zero-order valence-electron chi connectivity index (χ0n) is 18.4. The van der Waals surface area contributed by atoms with E-state index in [4.69, 9.17) is 11.6 Å². The van der Waals surface area contributed by atoms with Crippen molar-refractivity contribution in [2.75, 3.05) is 25.0 Å². The van der Waals surface area contributed by atoms with Crippen molar-refractivity contribution in [3.63, 3.8) is 0 Å². The fourth-order valence-electron chi connectivity index (χ4n) is 3.75. The van der Waals surface area contributed by atoms with E-state index in [0.717, 1.165) is 0 Å². The molecule has 0 spiro atoms. The lowest BCUT2D eigenvalue weighted by molar-refractivity contribution is 0.102. The second-order valence-electron chi connectivity index (χ2n) is 8.54. The van der Waals surface area contributed by atoms with Gasteiger partial charge in [-0.2, -0.15) is 4.31 Å². The van der Waals surface area contributed by atoms with Gasteiger partial charge >= 0.3 is 0 Å². The Kier molecular flexibility index (Phi) is 6.54. The number of amides is 1. The molecule has 7 nitrogen and oxygen atoms in total. The van der Waals surface area contributed by atoms with Crippen LogP contribution in [0.25, 0.3) is 11.3 Å². The molecule has 0 radical (unpaired) electrons. The van der Waals surface area contributed by atoms with Crippen LogP contribution >= 0.6 is 11.6 Å². The molecule has 1 fully saturated rings. The monoisotopic (exact) mass is 484 g/mol. The van der Waals surface area contributed by atoms with Crippen LogP contribution in [0.2, 0.25) is 5.02 Å². The predicted molar refractivity (Wildman–Crippen MR) is 130 cm³/mol. The van der Waals surface area contributed by atoms with Crippen molar-refractivity contribution >= 4 is 33.2 Å². The number of nitrogens with one attached hydrogen (secondary N) is 2. The first kappa shape index (κ1) is 23.4. The number of carbonyl (C=O) groups excluding carboxylic acids is 1. The van der Waals surface area contributed by atoms with E-state index < -0.39 is 10.0 Å². The number of benzene rings is 2. The molecule has 1 aliphatic heterocycles. The van der Waals surface area contributed by atoms with Crippen LogP contribution < -0.4 is 10.6 Å². The minimum absolute atomic E-state index is 0.167. The Morgan fingerprint density at radius 1 is 1.12 bits per heavy atom. The Labute approximate surface area is 198 Å². The zero-order chi connectivity index (χ0) is 23.6. The van der Waals surface area contributed by atoms with Crippen LogP contribution in [-0.2, 0) is 10.0 Å². The molecule has 0 atom stereocenters. The summed E-state index contributed by atoms with van der Waals surface area (Å²) in [5.41, 5.74) is 2.02. The predicted octanol–water partition coefficient (Wildman–Crippen LogP) is 4.03. The van der Waals surface area contributed by atoms with Gasteiger partial charge in [0.2, 0.25) is 10.0 Å². The molecule has 1 saturated heterocycles. The van der Waals surface area contributed by atoms with Gasteiger partial charge in [0, 0.05) is 48.2 Å². The molecule has 0 unspecified atom stereocenters. The van der Waals surface area contributed by atoms with Crippen molar-refractivity contribution in [1.82, 2.24) is 14.6 Å². The van der Waals surface area contributed by atoms with Crippen LogP contribution in [0, 0.1) is 0 Å². The van der Waals surface area contributed by atoms with Crippen molar-refractivity contribution in [3.05, 3.63) is 77.4 Å². The molecule has 33 heavy (non-hydrogen) atoms. The van der Waals surface area contributed by atoms with E-state index >= 15 is 0 Å². The standard InChI is InChI=1S/C24H25ClN4O3S/c1-24(2)16-29(14-13-27-24)33(31,32)19-9-6-17(7-10-19)23(30)28-18-8-11-21(25)20(15-18)22-5-3-4-12-26-22/h3-12,15,27H,13-14,16H2,1-2H3,(H,28,30). The third-order valence-electron chi connectivity index (χ3n) is 5.46. The smallest absolute Gasteiger partial charge is 0.255 e. The highest BCUT2D eigenvalue weighted by molar-refractivity contribution is 7.89. The topological polar surface area (TPSA) is 91.4 Å². The molecule has 2 N–H and O–H groups in total. The van der Waals surface area contributed by atoms with Gasteiger partial charge < -0.3 is 10.6 Å². The van der Waals surface area contributed by atoms with Crippen molar-refractivity contribution < 1.29 is 13.2 Å². The van der Waals surface area contributed by atoms with E-state index in [1.165, 1.54) is 28.6 Å². The minimum atomic E-state index is -3.64. The number of halogens is 1. The molecule has 1 aliphatic rings. The van der Waals surface area contributed by atoms with Gasteiger partial charge in [0.15, 0.2) is 0 Å². The Morgan fingerprint density at radius 3 is 2.55 bits per heavy atom. The SMILES string of the molecule is CC1(C)CN(S(=O)(=O)c2ccc(C(=O)Nc3ccc(Cl)c(-c4ccccn4)c3)cc2)CCN1. The molecular formula is C24H25ClN4O3S. The third-order valence-corrected chi connectivity index (χ3v) is 7.64. The lowest BCUT2D eigenvalue weighted by Gasteiger charge is -2.38. The molecule has 0 aliphatic carbocycles. The number of hydrogen-bond donors (Lipinski definition) is 2. The van der Waals surface area contributed by atoms with E-state index in [-0.39, 0.29) is 16.3 Å². The van der Waals surface area contributed by atoms with Crippen LogP contribution in [0.5, 0.6) is 0 Å². The largest absolute Gasteiger partial charge is 0.322 e. The van der Waals surface area contributed by atoms with Gasteiger partial charge in [0.05, 0.1) is 15.6 Å². The van der Waals surface area contributed by atoms with E-state index in [1.54, 1.807) is 24.4 Å². The van der Waals surface area contributed by atoms with E-state index in [9.17, 15) is 13.2 Å². The summed E-state index contributed by atoms with van der Waals surface area (Å²) in [7, 11) is -3.64. The van der Waals surface area contributed by atoms with Gasteiger partial charge in [-0.3, -0.25) is 9.78 Å².